The van der Waals surface area contributed by atoms with Crippen LogP contribution in [0.25, 0.3) is 0 Å². The zero-order valence-electron chi connectivity index (χ0n) is 8.83. The normalized spacial score (nSPS) is 15.0. The SMILES string of the molecule is Cc1cc([C@H](N)[C@H](O)C(F)(F)F)ccc1F.Cl. The number of benzene rings is 1. The van der Waals surface area contributed by atoms with Gasteiger partial charge in [0.1, 0.15) is 5.82 Å². The van der Waals surface area contributed by atoms with Gasteiger partial charge < -0.3 is 10.8 Å². The minimum atomic E-state index is -4.79. The van der Waals surface area contributed by atoms with E-state index in [2.05, 4.69) is 0 Å². The summed E-state index contributed by atoms with van der Waals surface area (Å²) < 4.78 is 49.4. The summed E-state index contributed by atoms with van der Waals surface area (Å²) in [6.45, 7) is 1.41. The van der Waals surface area contributed by atoms with E-state index in [1.807, 2.05) is 0 Å². The lowest BCUT2D eigenvalue weighted by molar-refractivity contribution is -0.210. The molecule has 0 heterocycles. The highest BCUT2D eigenvalue weighted by molar-refractivity contribution is 5.85. The topological polar surface area (TPSA) is 46.2 Å². The molecule has 7 heteroatoms. The maximum atomic E-state index is 12.9. The molecule has 2 atom stereocenters. The molecule has 0 unspecified atom stereocenters. The van der Waals surface area contributed by atoms with Crippen molar-refractivity contribution in [2.24, 2.45) is 5.73 Å². The molecule has 0 fully saturated rings. The monoisotopic (exact) mass is 273 g/mol. The molecule has 0 radical (unpaired) electrons. The molecule has 2 nitrogen and oxygen atoms in total. The van der Waals surface area contributed by atoms with Crippen LogP contribution >= 0.6 is 12.4 Å². The van der Waals surface area contributed by atoms with Gasteiger partial charge in [-0.1, -0.05) is 12.1 Å². The highest BCUT2D eigenvalue weighted by Crippen LogP contribution is 2.29. The van der Waals surface area contributed by atoms with Crippen molar-refractivity contribution < 1.29 is 22.7 Å². The molecule has 1 aromatic rings. The van der Waals surface area contributed by atoms with Crippen molar-refractivity contribution in [1.82, 2.24) is 0 Å². The number of halogens is 5. The molecule has 0 aliphatic carbocycles. The summed E-state index contributed by atoms with van der Waals surface area (Å²) in [7, 11) is 0. The number of aliphatic hydroxyl groups excluding tert-OH is 1. The number of hydrogen-bond acceptors (Lipinski definition) is 2. The molecule has 0 saturated carbocycles. The third-order valence-electron chi connectivity index (χ3n) is 2.24. The Kier molecular flexibility index (Phi) is 5.38. The van der Waals surface area contributed by atoms with E-state index in [9.17, 15) is 17.6 Å². The lowest BCUT2D eigenvalue weighted by atomic mass is 10.00. The number of aliphatic hydroxyl groups is 1. The van der Waals surface area contributed by atoms with Crippen molar-refractivity contribution >= 4 is 12.4 Å². The first-order chi connectivity index (χ1) is 7.23. The third kappa shape index (κ3) is 3.83. The summed E-state index contributed by atoms with van der Waals surface area (Å²) in [6, 6.07) is 1.73. The molecule has 0 saturated heterocycles. The summed E-state index contributed by atoms with van der Waals surface area (Å²) in [4.78, 5) is 0. The third-order valence-corrected chi connectivity index (χ3v) is 2.24. The highest BCUT2D eigenvalue weighted by Gasteiger charge is 2.42. The van der Waals surface area contributed by atoms with Gasteiger partial charge in [-0.15, -0.1) is 12.4 Å². The van der Waals surface area contributed by atoms with Gasteiger partial charge in [-0.3, -0.25) is 0 Å². The van der Waals surface area contributed by atoms with Crippen LogP contribution in [-0.2, 0) is 0 Å². The molecule has 0 aromatic heterocycles. The van der Waals surface area contributed by atoms with E-state index < -0.39 is 24.1 Å². The molecule has 0 aliphatic heterocycles. The van der Waals surface area contributed by atoms with E-state index in [0.29, 0.717) is 0 Å². The van der Waals surface area contributed by atoms with Crippen LogP contribution in [0.15, 0.2) is 18.2 Å². The van der Waals surface area contributed by atoms with Gasteiger partial charge in [-0.25, -0.2) is 4.39 Å². The molecule has 3 N–H and O–H groups in total. The minimum Gasteiger partial charge on any atom is -0.382 e. The van der Waals surface area contributed by atoms with Crippen molar-refractivity contribution in [2.75, 3.05) is 0 Å². The van der Waals surface area contributed by atoms with Gasteiger partial charge in [-0.05, 0) is 24.1 Å². The van der Waals surface area contributed by atoms with E-state index in [0.717, 1.165) is 12.1 Å². The first-order valence-corrected chi connectivity index (χ1v) is 4.50. The molecule has 1 aromatic carbocycles. The largest absolute Gasteiger partial charge is 0.416 e. The molecule has 0 aliphatic rings. The van der Waals surface area contributed by atoms with Crippen LogP contribution in [0.5, 0.6) is 0 Å². The number of alkyl halides is 3. The average Bonchev–Trinajstić information content (AvgIpc) is 2.18. The number of aryl methyl sites for hydroxylation is 1. The summed E-state index contributed by atoms with van der Waals surface area (Å²) in [5, 5.41) is 8.92. The Balaban J connectivity index is 0.00000256. The fraction of sp³-hybridized carbons (Fsp3) is 0.400. The summed E-state index contributed by atoms with van der Waals surface area (Å²) in [5.41, 5.74) is 5.48. The number of hydrogen-bond donors (Lipinski definition) is 2. The predicted molar refractivity (Wildman–Crippen MR) is 57.4 cm³/mol. The first kappa shape index (κ1) is 16.1. The number of rotatable bonds is 2. The van der Waals surface area contributed by atoms with E-state index in [-0.39, 0.29) is 23.5 Å². The molecule has 0 spiro atoms. The second-order valence-corrected chi connectivity index (χ2v) is 3.52. The lowest BCUT2D eigenvalue weighted by Gasteiger charge is -2.21. The molecule has 1 rings (SSSR count). The Morgan fingerprint density at radius 3 is 2.24 bits per heavy atom. The number of nitrogens with two attached hydrogens (primary N) is 1. The highest BCUT2D eigenvalue weighted by atomic mass is 35.5. The molecule has 98 valence electrons. The minimum absolute atomic E-state index is 0. The van der Waals surface area contributed by atoms with E-state index in [1.54, 1.807) is 0 Å². The maximum absolute atomic E-state index is 12.9. The quantitative estimate of drug-likeness (QED) is 0.813. The van der Waals surface area contributed by atoms with Crippen LogP contribution < -0.4 is 5.73 Å². The van der Waals surface area contributed by atoms with E-state index >= 15 is 0 Å². The van der Waals surface area contributed by atoms with Crippen LogP contribution in [-0.4, -0.2) is 17.4 Å². The zero-order valence-corrected chi connectivity index (χ0v) is 9.65. The second kappa shape index (κ2) is 5.66. The zero-order chi connectivity index (χ0) is 12.5. The van der Waals surface area contributed by atoms with Crippen molar-refractivity contribution in [1.29, 1.82) is 0 Å². The maximum Gasteiger partial charge on any atom is 0.416 e. The van der Waals surface area contributed by atoms with Crippen LogP contribution in [0.4, 0.5) is 17.6 Å². The van der Waals surface area contributed by atoms with Crippen molar-refractivity contribution in [3.63, 3.8) is 0 Å². The summed E-state index contributed by atoms with van der Waals surface area (Å²) >= 11 is 0. The van der Waals surface area contributed by atoms with Crippen LogP contribution in [0, 0.1) is 12.7 Å². The Bertz CT molecular complexity index is 383. The Morgan fingerprint density at radius 1 is 1.29 bits per heavy atom. The lowest BCUT2D eigenvalue weighted by Crippen LogP contribution is -2.38. The van der Waals surface area contributed by atoms with Crippen LogP contribution in [0.3, 0.4) is 0 Å². The Labute approximate surface area is 102 Å². The van der Waals surface area contributed by atoms with Gasteiger partial charge in [0, 0.05) is 0 Å². The van der Waals surface area contributed by atoms with Crippen molar-refractivity contribution in [3.8, 4) is 0 Å². The van der Waals surface area contributed by atoms with E-state index in [4.69, 9.17) is 10.8 Å². The molecular weight excluding hydrogens is 262 g/mol. The standard InChI is InChI=1S/C10H11F4NO.ClH/c1-5-4-6(2-3-7(5)11)8(15)9(16)10(12,13)14;/h2-4,8-9,16H,15H2,1H3;1H/t8-,9-;/m0./s1. The van der Waals surface area contributed by atoms with Gasteiger partial charge in [0.15, 0.2) is 6.10 Å². The predicted octanol–water partition coefficient (Wildman–Crippen LogP) is 2.48. The van der Waals surface area contributed by atoms with Crippen LogP contribution in [0.2, 0.25) is 0 Å². The second-order valence-electron chi connectivity index (χ2n) is 3.52. The fourth-order valence-corrected chi connectivity index (χ4v) is 1.26. The van der Waals surface area contributed by atoms with Gasteiger partial charge in [0.2, 0.25) is 0 Å². The molecule has 0 bridgehead atoms. The average molecular weight is 274 g/mol. The van der Waals surface area contributed by atoms with Gasteiger partial charge in [0.25, 0.3) is 0 Å². The summed E-state index contributed by atoms with van der Waals surface area (Å²) in [6.07, 6.45) is -7.45. The Morgan fingerprint density at radius 2 is 1.82 bits per heavy atom. The summed E-state index contributed by atoms with van der Waals surface area (Å²) in [5.74, 6) is -0.530. The molecular formula is C10H12ClF4NO. The Hall–Kier alpha value is -0.850. The fourth-order valence-electron chi connectivity index (χ4n) is 1.26. The van der Waals surface area contributed by atoms with Crippen molar-refractivity contribution in [3.05, 3.63) is 35.1 Å². The first-order valence-electron chi connectivity index (χ1n) is 4.50. The van der Waals surface area contributed by atoms with Gasteiger partial charge >= 0.3 is 6.18 Å². The van der Waals surface area contributed by atoms with Crippen molar-refractivity contribution in [2.45, 2.75) is 25.2 Å². The van der Waals surface area contributed by atoms with Gasteiger partial charge in [-0.2, -0.15) is 13.2 Å². The van der Waals surface area contributed by atoms with Gasteiger partial charge in [0.05, 0.1) is 6.04 Å². The van der Waals surface area contributed by atoms with E-state index in [1.165, 1.54) is 13.0 Å². The smallest absolute Gasteiger partial charge is 0.382 e. The van der Waals surface area contributed by atoms with Crippen LogP contribution in [0.1, 0.15) is 17.2 Å². The molecule has 0 amide bonds. The molecule has 17 heavy (non-hydrogen) atoms.